The van der Waals surface area contributed by atoms with Gasteiger partial charge in [0.2, 0.25) is 5.91 Å². The van der Waals surface area contributed by atoms with Gasteiger partial charge in [-0.2, -0.15) is 0 Å². The van der Waals surface area contributed by atoms with Gasteiger partial charge in [0.15, 0.2) is 5.78 Å². The molecule has 3 atom stereocenters. The van der Waals surface area contributed by atoms with Crippen LogP contribution in [0.1, 0.15) is 69.7 Å². The van der Waals surface area contributed by atoms with Gasteiger partial charge in [-0.1, -0.05) is 51.8 Å². The van der Waals surface area contributed by atoms with Crippen LogP contribution in [0.2, 0.25) is 0 Å². The summed E-state index contributed by atoms with van der Waals surface area (Å²) in [6, 6.07) is 8.43. The number of nitrogens with one attached hydrogen (secondary N) is 2. The molecule has 5 heteroatoms. The highest BCUT2D eigenvalue weighted by Gasteiger charge is 2.34. The molecule has 1 aliphatic carbocycles. The third-order valence-corrected chi connectivity index (χ3v) is 5.22. The Morgan fingerprint density at radius 3 is 2.37 bits per heavy atom. The third kappa shape index (κ3) is 6.19. The van der Waals surface area contributed by atoms with Gasteiger partial charge in [0, 0.05) is 18.0 Å². The largest absolute Gasteiger partial charge is 0.349 e. The summed E-state index contributed by atoms with van der Waals surface area (Å²) >= 11 is 0. The Labute approximate surface area is 162 Å². The van der Waals surface area contributed by atoms with E-state index >= 15 is 0 Å². The molecule has 1 aliphatic rings. The maximum Gasteiger partial charge on any atom is 0.251 e. The van der Waals surface area contributed by atoms with Gasteiger partial charge in [0.1, 0.15) is 0 Å². The molecular formula is C22H32N2O3. The van der Waals surface area contributed by atoms with Crippen LogP contribution in [0, 0.1) is 11.8 Å². The zero-order valence-electron chi connectivity index (χ0n) is 16.7. The summed E-state index contributed by atoms with van der Waals surface area (Å²) in [5.41, 5.74) is 0.598. The van der Waals surface area contributed by atoms with Gasteiger partial charge in [-0.25, -0.2) is 0 Å². The van der Waals surface area contributed by atoms with Gasteiger partial charge in [0.05, 0.1) is 12.0 Å². The van der Waals surface area contributed by atoms with Crippen molar-refractivity contribution in [2.75, 3.05) is 0 Å². The Kier molecular flexibility index (Phi) is 8.01. The molecule has 0 aromatic heterocycles. The van der Waals surface area contributed by atoms with Crippen molar-refractivity contribution >= 4 is 17.6 Å². The van der Waals surface area contributed by atoms with Gasteiger partial charge in [-0.3, -0.25) is 14.4 Å². The van der Waals surface area contributed by atoms with Crippen molar-refractivity contribution in [2.45, 2.75) is 71.4 Å². The fourth-order valence-electron chi connectivity index (χ4n) is 3.73. The first kappa shape index (κ1) is 21.1. The summed E-state index contributed by atoms with van der Waals surface area (Å²) in [7, 11) is 0. The third-order valence-electron chi connectivity index (χ3n) is 5.22. The van der Waals surface area contributed by atoms with Crippen LogP contribution in [0.3, 0.4) is 0 Å². The lowest BCUT2D eigenvalue weighted by atomic mass is 9.83. The second kappa shape index (κ2) is 10.2. The topological polar surface area (TPSA) is 75.3 Å². The van der Waals surface area contributed by atoms with Crippen LogP contribution in [0.4, 0.5) is 0 Å². The molecule has 1 aromatic rings. The number of hydrogen-bond acceptors (Lipinski definition) is 3. The lowest BCUT2D eigenvalue weighted by molar-refractivity contribution is -0.131. The molecule has 2 rings (SSSR count). The second-order valence-corrected chi connectivity index (χ2v) is 7.85. The number of carbonyl (C=O) groups excluding carboxylic acids is 3. The van der Waals surface area contributed by atoms with Gasteiger partial charge in [-0.15, -0.1) is 0 Å². The fourth-order valence-corrected chi connectivity index (χ4v) is 3.73. The van der Waals surface area contributed by atoms with Gasteiger partial charge in [0.25, 0.3) is 5.91 Å². The van der Waals surface area contributed by atoms with Crippen molar-refractivity contribution in [3.05, 3.63) is 35.9 Å². The Morgan fingerprint density at radius 1 is 1.07 bits per heavy atom. The van der Waals surface area contributed by atoms with Crippen LogP contribution in [0.5, 0.6) is 0 Å². The van der Waals surface area contributed by atoms with E-state index in [4.69, 9.17) is 0 Å². The molecule has 5 nitrogen and oxygen atoms in total. The molecule has 0 bridgehead atoms. The van der Waals surface area contributed by atoms with Crippen LogP contribution in [0.15, 0.2) is 30.3 Å². The lowest BCUT2D eigenvalue weighted by Crippen LogP contribution is -2.51. The van der Waals surface area contributed by atoms with E-state index in [1.807, 2.05) is 39.0 Å². The van der Waals surface area contributed by atoms with Crippen molar-refractivity contribution in [1.82, 2.24) is 10.6 Å². The smallest absolute Gasteiger partial charge is 0.251 e. The van der Waals surface area contributed by atoms with Crippen LogP contribution < -0.4 is 10.6 Å². The van der Waals surface area contributed by atoms with Crippen molar-refractivity contribution in [3.8, 4) is 0 Å². The molecule has 148 valence electrons. The predicted octanol–water partition coefficient (Wildman–Crippen LogP) is 3.49. The van der Waals surface area contributed by atoms with Crippen LogP contribution in [0.25, 0.3) is 0 Å². The number of ketones is 1. The summed E-state index contributed by atoms with van der Waals surface area (Å²) in [4.78, 5) is 37.7. The monoisotopic (exact) mass is 372 g/mol. The van der Waals surface area contributed by atoms with E-state index in [1.54, 1.807) is 12.1 Å². The molecule has 2 amide bonds. The molecule has 1 fully saturated rings. The molecule has 0 radical (unpaired) electrons. The summed E-state index contributed by atoms with van der Waals surface area (Å²) in [6.07, 6.45) is 4.54. The Balaban J connectivity index is 2.05. The van der Waals surface area contributed by atoms with Gasteiger partial charge < -0.3 is 10.6 Å². The minimum absolute atomic E-state index is 0.0673. The van der Waals surface area contributed by atoms with Crippen LogP contribution in [-0.2, 0) is 9.59 Å². The zero-order valence-corrected chi connectivity index (χ0v) is 16.7. The van der Waals surface area contributed by atoms with Crippen molar-refractivity contribution in [2.24, 2.45) is 11.8 Å². The van der Waals surface area contributed by atoms with E-state index < -0.39 is 6.04 Å². The van der Waals surface area contributed by atoms with Crippen molar-refractivity contribution in [3.63, 3.8) is 0 Å². The van der Waals surface area contributed by atoms with Gasteiger partial charge in [-0.05, 0) is 37.3 Å². The fraction of sp³-hybridized carbons (Fsp3) is 0.591. The number of Topliss-reactive ketones (excluding diaryl/α,β-unsaturated/α-hetero) is 1. The normalized spacial score (nSPS) is 20.7. The minimum Gasteiger partial charge on any atom is -0.349 e. The van der Waals surface area contributed by atoms with Crippen LogP contribution in [-0.4, -0.2) is 29.7 Å². The maximum absolute atomic E-state index is 12.9. The summed E-state index contributed by atoms with van der Waals surface area (Å²) in [5, 5.41) is 6.01. The van der Waals surface area contributed by atoms with E-state index in [0.29, 0.717) is 24.3 Å². The Morgan fingerprint density at radius 2 is 1.74 bits per heavy atom. The predicted molar refractivity (Wildman–Crippen MR) is 106 cm³/mol. The van der Waals surface area contributed by atoms with E-state index in [0.717, 1.165) is 25.7 Å². The number of benzene rings is 1. The van der Waals surface area contributed by atoms with E-state index in [2.05, 4.69) is 10.6 Å². The van der Waals surface area contributed by atoms with Gasteiger partial charge >= 0.3 is 0 Å². The molecule has 0 saturated heterocycles. The Bertz CT molecular complexity index is 642. The van der Waals surface area contributed by atoms with E-state index in [-0.39, 0.29) is 29.6 Å². The SMILES string of the molecule is CCC(=O)C(CC(C)C)NC(=O)C1CCCCC1NC(=O)c1ccccc1. The molecule has 27 heavy (non-hydrogen) atoms. The first-order valence-electron chi connectivity index (χ1n) is 10.1. The Hall–Kier alpha value is -2.17. The second-order valence-electron chi connectivity index (χ2n) is 7.85. The van der Waals surface area contributed by atoms with Crippen LogP contribution >= 0.6 is 0 Å². The lowest BCUT2D eigenvalue weighted by Gasteiger charge is -2.32. The number of rotatable bonds is 8. The molecule has 1 saturated carbocycles. The summed E-state index contributed by atoms with van der Waals surface area (Å²) in [6.45, 7) is 5.92. The number of hydrogen-bond donors (Lipinski definition) is 2. The summed E-state index contributed by atoms with van der Waals surface area (Å²) < 4.78 is 0. The maximum atomic E-state index is 12.9. The molecular weight excluding hydrogens is 340 g/mol. The number of amides is 2. The molecule has 0 spiro atoms. The average Bonchev–Trinajstić information content (AvgIpc) is 2.67. The minimum atomic E-state index is -0.435. The molecule has 0 heterocycles. The zero-order chi connectivity index (χ0) is 19.8. The number of carbonyl (C=O) groups is 3. The quantitative estimate of drug-likeness (QED) is 0.733. The highest BCUT2D eigenvalue weighted by atomic mass is 16.2. The van der Waals surface area contributed by atoms with Crippen molar-refractivity contribution in [1.29, 1.82) is 0 Å². The highest BCUT2D eigenvalue weighted by molar-refractivity contribution is 5.95. The molecule has 0 aliphatic heterocycles. The average molecular weight is 373 g/mol. The summed E-state index contributed by atoms with van der Waals surface area (Å²) in [5.74, 6) is -0.154. The van der Waals surface area contributed by atoms with E-state index in [1.165, 1.54) is 0 Å². The van der Waals surface area contributed by atoms with E-state index in [9.17, 15) is 14.4 Å². The standard InChI is InChI=1S/C22H32N2O3/c1-4-20(25)19(14-15(2)3)24-22(27)17-12-8-9-13-18(17)23-21(26)16-10-6-5-7-11-16/h5-7,10-11,15,17-19H,4,8-9,12-14H2,1-3H3,(H,23,26)(H,24,27). The first-order valence-corrected chi connectivity index (χ1v) is 10.1. The molecule has 2 N–H and O–H groups in total. The van der Waals surface area contributed by atoms with Crippen molar-refractivity contribution < 1.29 is 14.4 Å². The molecule has 1 aromatic carbocycles. The first-order chi connectivity index (χ1) is 12.9. The molecule has 3 unspecified atom stereocenters. The highest BCUT2D eigenvalue weighted by Crippen LogP contribution is 2.25.